The highest BCUT2D eigenvalue weighted by Gasteiger charge is 2.12. The van der Waals surface area contributed by atoms with E-state index in [1.807, 2.05) is 18.2 Å². The molecule has 0 saturated heterocycles. The Hall–Kier alpha value is -2.05. The lowest BCUT2D eigenvalue weighted by atomic mass is 10.2. The Morgan fingerprint density at radius 3 is 2.05 bits per heavy atom. The molecule has 0 aliphatic rings. The summed E-state index contributed by atoms with van der Waals surface area (Å²) >= 11 is 0. The molecule has 5 nitrogen and oxygen atoms in total. The molecule has 22 heavy (non-hydrogen) atoms. The van der Waals surface area contributed by atoms with Gasteiger partial charge in [-0.25, -0.2) is 13.1 Å². The van der Waals surface area contributed by atoms with Gasteiger partial charge < -0.3 is 9.47 Å². The minimum absolute atomic E-state index is 0.0467. The summed E-state index contributed by atoms with van der Waals surface area (Å²) in [5.41, 5.74) is 1.52. The summed E-state index contributed by atoms with van der Waals surface area (Å²) in [6.07, 6.45) is 0. The van der Waals surface area contributed by atoms with E-state index < -0.39 is 10.0 Å². The van der Waals surface area contributed by atoms with E-state index in [0.29, 0.717) is 11.5 Å². The van der Waals surface area contributed by atoms with Crippen molar-refractivity contribution in [3.05, 3.63) is 59.7 Å². The van der Waals surface area contributed by atoms with Crippen molar-refractivity contribution in [3.8, 4) is 11.5 Å². The molecule has 1 N–H and O–H groups in total. The van der Waals surface area contributed by atoms with Gasteiger partial charge in [0, 0.05) is 12.6 Å². The molecule has 0 radical (unpaired) electrons. The van der Waals surface area contributed by atoms with Gasteiger partial charge in [-0.3, -0.25) is 0 Å². The lowest BCUT2D eigenvalue weighted by Gasteiger charge is -2.10. The second kappa shape index (κ2) is 7.29. The van der Waals surface area contributed by atoms with Crippen LogP contribution in [0.3, 0.4) is 0 Å². The number of hydrogen-bond donors (Lipinski definition) is 1. The van der Waals surface area contributed by atoms with E-state index in [4.69, 9.17) is 9.47 Å². The monoisotopic (exact) mass is 321 g/mol. The SMILES string of the molecule is COc1cc(CNS(=O)(=O)Cc2ccccc2)cc(OC)c1. The van der Waals surface area contributed by atoms with Gasteiger partial charge in [-0.1, -0.05) is 30.3 Å². The standard InChI is InChI=1S/C16H19NO4S/c1-20-15-8-14(9-16(10-15)21-2)11-17-22(18,19)12-13-6-4-3-5-7-13/h3-10,17H,11-12H2,1-2H3. The van der Waals surface area contributed by atoms with Crippen molar-refractivity contribution in [2.45, 2.75) is 12.3 Å². The molecule has 0 unspecified atom stereocenters. The van der Waals surface area contributed by atoms with Gasteiger partial charge in [0.1, 0.15) is 11.5 Å². The number of benzene rings is 2. The fraction of sp³-hybridized carbons (Fsp3) is 0.250. The zero-order chi connectivity index (χ0) is 16.0. The average molecular weight is 321 g/mol. The second-order valence-electron chi connectivity index (χ2n) is 4.79. The molecule has 0 bridgehead atoms. The minimum Gasteiger partial charge on any atom is -0.497 e. The first-order chi connectivity index (χ1) is 10.5. The predicted octanol–water partition coefficient (Wildman–Crippen LogP) is 2.32. The zero-order valence-corrected chi connectivity index (χ0v) is 13.4. The van der Waals surface area contributed by atoms with Crippen LogP contribution in [0.15, 0.2) is 48.5 Å². The number of ether oxygens (including phenoxy) is 2. The van der Waals surface area contributed by atoms with Crippen LogP contribution in [0.2, 0.25) is 0 Å². The van der Waals surface area contributed by atoms with Gasteiger partial charge in [0.25, 0.3) is 0 Å². The molecule has 0 heterocycles. The average Bonchev–Trinajstić information content (AvgIpc) is 2.53. The van der Waals surface area contributed by atoms with Crippen molar-refractivity contribution in [2.24, 2.45) is 0 Å². The quantitative estimate of drug-likeness (QED) is 0.850. The topological polar surface area (TPSA) is 64.6 Å². The van der Waals surface area contributed by atoms with E-state index in [9.17, 15) is 8.42 Å². The normalized spacial score (nSPS) is 11.2. The van der Waals surface area contributed by atoms with E-state index >= 15 is 0 Å². The Kier molecular flexibility index (Phi) is 5.41. The van der Waals surface area contributed by atoms with Crippen LogP contribution in [0, 0.1) is 0 Å². The van der Waals surface area contributed by atoms with Crippen molar-refractivity contribution in [2.75, 3.05) is 14.2 Å². The molecule has 118 valence electrons. The molecule has 0 amide bonds. The first kappa shape index (κ1) is 16.3. The highest BCUT2D eigenvalue weighted by molar-refractivity contribution is 7.88. The summed E-state index contributed by atoms with van der Waals surface area (Å²) in [4.78, 5) is 0. The van der Waals surface area contributed by atoms with E-state index in [2.05, 4.69) is 4.72 Å². The summed E-state index contributed by atoms with van der Waals surface area (Å²) in [5, 5.41) is 0. The first-order valence-electron chi connectivity index (χ1n) is 6.75. The summed E-state index contributed by atoms with van der Waals surface area (Å²) in [6, 6.07) is 14.3. The molecule has 0 fully saturated rings. The molecule has 0 atom stereocenters. The van der Waals surface area contributed by atoms with Gasteiger partial charge in [0.05, 0.1) is 20.0 Å². The lowest BCUT2D eigenvalue weighted by molar-refractivity contribution is 0.393. The van der Waals surface area contributed by atoms with Crippen LogP contribution in [0.5, 0.6) is 11.5 Å². The molecule has 0 aliphatic carbocycles. The van der Waals surface area contributed by atoms with Gasteiger partial charge in [-0.2, -0.15) is 0 Å². The largest absolute Gasteiger partial charge is 0.497 e. The molecule has 0 aromatic heterocycles. The van der Waals surface area contributed by atoms with E-state index in [-0.39, 0.29) is 12.3 Å². The Morgan fingerprint density at radius 1 is 0.909 bits per heavy atom. The lowest BCUT2D eigenvalue weighted by Crippen LogP contribution is -2.24. The third-order valence-electron chi connectivity index (χ3n) is 3.11. The number of rotatable bonds is 7. The molecule has 2 aromatic carbocycles. The highest BCUT2D eigenvalue weighted by Crippen LogP contribution is 2.22. The van der Waals surface area contributed by atoms with Crippen LogP contribution in [0.1, 0.15) is 11.1 Å². The number of hydrogen-bond acceptors (Lipinski definition) is 4. The predicted molar refractivity (Wildman–Crippen MR) is 85.5 cm³/mol. The van der Waals surface area contributed by atoms with Crippen molar-refractivity contribution in [3.63, 3.8) is 0 Å². The maximum absolute atomic E-state index is 12.1. The molecule has 0 spiro atoms. The van der Waals surface area contributed by atoms with Crippen LogP contribution in [0.4, 0.5) is 0 Å². The molecule has 0 aliphatic heterocycles. The zero-order valence-electron chi connectivity index (χ0n) is 12.6. The van der Waals surface area contributed by atoms with Gasteiger partial charge in [0.15, 0.2) is 0 Å². The third-order valence-corrected chi connectivity index (χ3v) is 4.40. The molecular formula is C16H19NO4S. The fourth-order valence-electron chi connectivity index (χ4n) is 2.01. The van der Waals surface area contributed by atoms with Gasteiger partial charge in [0.2, 0.25) is 10.0 Å². The second-order valence-corrected chi connectivity index (χ2v) is 6.59. The Bertz CT molecular complexity index is 692. The Balaban J connectivity index is 2.05. The fourth-order valence-corrected chi connectivity index (χ4v) is 3.13. The molecule has 6 heteroatoms. The summed E-state index contributed by atoms with van der Waals surface area (Å²) in [5.74, 6) is 1.20. The van der Waals surface area contributed by atoms with Gasteiger partial charge in [-0.05, 0) is 23.3 Å². The summed E-state index contributed by atoms with van der Waals surface area (Å²) in [6.45, 7) is 0.183. The number of nitrogens with one attached hydrogen (secondary N) is 1. The van der Waals surface area contributed by atoms with Crippen LogP contribution < -0.4 is 14.2 Å². The van der Waals surface area contributed by atoms with Crippen LogP contribution >= 0.6 is 0 Å². The Morgan fingerprint density at radius 2 is 1.50 bits per heavy atom. The van der Waals surface area contributed by atoms with Crippen molar-refractivity contribution < 1.29 is 17.9 Å². The Labute approximate surface area is 130 Å². The molecular weight excluding hydrogens is 302 g/mol. The smallest absolute Gasteiger partial charge is 0.216 e. The third kappa shape index (κ3) is 4.75. The van der Waals surface area contributed by atoms with Gasteiger partial charge in [-0.15, -0.1) is 0 Å². The maximum Gasteiger partial charge on any atom is 0.216 e. The van der Waals surface area contributed by atoms with Crippen LogP contribution in [-0.4, -0.2) is 22.6 Å². The highest BCUT2D eigenvalue weighted by atomic mass is 32.2. The van der Waals surface area contributed by atoms with Gasteiger partial charge >= 0.3 is 0 Å². The first-order valence-corrected chi connectivity index (χ1v) is 8.41. The molecule has 0 saturated carbocycles. The van der Waals surface area contributed by atoms with Crippen molar-refractivity contribution in [1.82, 2.24) is 4.72 Å². The van der Waals surface area contributed by atoms with E-state index in [0.717, 1.165) is 11.1 Å². The van der Waals surface area contributed by atoms with Crippen LogP contribution in [0.25, 0.3) is 0 Å². The maximum atomic E-state index is 12.1. The van der Waals surface area contributed by atoms with Crippen LogP contribution in [-0.2, 0) is 22.3 Å². The minimum atomic E-state index is -3.40. The molecule has 2 rings (SSSR count). The number of methoxy groups -OCH3 is 2. The van der Waals surface area contributed by atoms with Crippen molar-refractivity contribution in [1.29, 1.82) is 0 Å². The molecule has 2 aromatic rings. The number of sulfonamides is 1. The van der Waals surface area contributed by atoms with E-state index in [1.54, 1.807) is 44.6 Å². The summed E-state index contributed by atoms with van der Waals surface area (Å²) in [7, 11) is -0.296. The van der Waals surface area contributed by atoms with Crippen molar-refractivity contribution >= 4 is 10.0 Å². The van der Waals surface area contributed by atoms with E-state index in [1.165, 1.54) is 0 Å². The summed E-state index contributed by atoms with van der Waals surface area (Å²) < 4.78 is 37.1.